The zero-order valence-corrected chi connectivity index (χ0v) is 17.5. The van der Waals surface area contributed by atoms with Crippen LogP contribution in [0.5, 0.6) is 0 Å². The van der Waals surface area contributed by atoms with Crippen molar-refractivity contribution in [3.05, 3.63) is 34.9 Å². The minimum absolute atomic E-state index is 0.219. The molecule has 6 nitrogen and oxygen atoms in total. The van der Waals surface area contributed by atoms with Gasteiger partial charge in [0.2, 0.25) is 0 Å². The lowest BCUT2D eigenvalue weighted by atomic mass is 10.2. The first kappa shape index (κ1) is 21.6. The van der Waals surface area contributed by atoms with Crippen LogP contribution < -0.4 is 10.6 Å². The number of hydrogen-bond donors (Lipinski definition) is 2. The topological polar surface area (TPSA) is 59.7 Å². The first-order chi connectivity index (χ1) is 13.7. The Bertz CT molecular complexity index is 838. The van der Waals surface area contributed by atoms with Crippen LogP contribution in [0.4, 0.5) is 13.2 Å². The van der Waals surface area contributed by atoms with E-state index in [2.05, 4.69) is 20.8 Å². The predicted molar refractivity (Wildman–Crippen MR) is 109 cm³/mol. The summed E-state index contributed by atoms with van der Waals surface area (Å²) in [5.74, 6) is 0.219. The van der Waals surface area contributed by atoms with Gasteiger partial charge in [0.15, 0.2) is 10.8 Å². The summed E-state index contributed by atoms with van der Waals surface area (Å²) < 4.78 is 42.2. The zero-order chi connectivity index (χ0) is 21.0. The molecule has 0 aliphatic heterocycles. The van der Waals surface area contributed by atoms with Crippen molar-refractivity contribution in [2.45, 2.75) is 64.7 Å². The van der Waals surface area contributed by atoms with Crippen molar-refractivity contribution in [2.24, 2.45) is 0 Å². The molecule has 0 bridgehead atoms. The Labute approximate surface area is 173 Å². The minimum atomic E-state index is -4.40. The lowest BCUT2D eigenvalue weighted by molar-refractivity contribution is -0.141. The molecule has 0 atom stereocenters. The van der Waals surface area contributed by atoms with Gasteiger partial charge in [-0.3, -0.25) is 9.36 Å². The van der Waals surface area contributed by atoms with Crippen molar-refractivity contribution >= 4 is 17.3 Å². The third-order valence-electron chi connectivity index (χ3n) is 4.87. The number of rotatable bonds is 9. The van der Waals surface area contributed by atoms with Gasteiger partial charge in [-0.25, -0.2) is 0 Å². The van der Waals surface area contributed by atoms with E-state index >= 15 is 0 Å². The molecule has 1 saturated carbocycles. The maximum atomic E-state index is 12.9. The summed E-state index contributed by atoms with van der Waals surface area (Å²) >= 11 is 5.26. The monoisotopic (exact) mass is 428 g/mol. The molecule has 2 N–H and O–H groups in total. The quantitative estimate of drug-likeness (QED) is 0.473. The Kier molecular flexibility index (Phi) is 6.81. The molecular formula is C19H27F3N6S. The van der Waals surface area contributed by atoms with E-state index < -0.39 is 11.9 Å². The maximum absolute atomic E-state index is 12.9. The van der Waals surface area contributed by atoms with E-state index in [1.807, 2.05) is 24.6 Å². The second-order valence-corrected chi connectivity index (χ2v) is 7.90. The molecule has 0 aromatic carbocycles. The van der Waals surface area contributed by atoms with Crippen LogP contribution in [0.2, 0.25) is 0 Å². The second kappa shape index (κ2) is 9.15. The molecule has 0 spiro atoms. The molecule has 2 aromatic rings. The van der Waals surface area contributed by atoms with Crippen molar-refractivity contribution in [3.8, 4) is 0 Å². The number of nitrogens with one attached hydrogen (secondary N) is 2. The van der Waals surface area contributed by atoms with Gasteiger partial charge >= 0.3 is 6.18 Å². The Morgan fingerprint density at radius 1 is 1.07 bits per heavy atom. The molecule has 0 amide bonds. The highest BCUT2D eigenvalue weighted by atomic mass is 32.1. The van der Waals surface area contributed by atoms with Gasteiger partial charge in [0, 0.05) is 43.5 Å². The Hall–Kier alpha value is -2.10. The summed E-state index contributed by atoms with van der Waals surface area (Å²) in [6.45, 7) is 6.57. The van der Waals surface area contributed by atoms with Gasteiger partial charge in [-0.05, 0) is 63.9 Å². The van der Waals surface area contributed by atoms with Crippen molar-refractivity contribution in [1.29, 1.82) is 0 Å². The van der Waals surface area contributed by atoms with E-state index in [1.165, 1.54) is 10.7 Å². The molecule has 10 heteroatoms. The summed E-state index contributed by atoms with van der Waals surface area (Å²) in [5, 5.41) is 15.0. The van der Waals surface area contributed by atoms with E-state index in [0.29, 0.717) is 30.3 Å². The Morgan fingerprint density at radius 2 is 1.69 bits per heavy atom. The molecular weight excluding hydrogens is 401 g/mol. The molecule has 29 heavy (non-hydrogen) atoms. The van der Waals surface area contributed by atoms with Crippen molar-refractivity contribution in [1.82, 2.24) is 30.2 Å². The number of thiocarbonyl (C=S) groups is 1. The molecule has 160 valence electrons. The molecule has 0 saturated heterocycles. The molecule has 1 aliphatic carbocycles. The number of aromatic nitrogens is 4. The van der Waals surface area contributed by atoms with Gasteiger partial charge in [-0.2, -0.15) is 23.4 Å². The summed E-state index contributed by atoms with van der Waals surface area (Å²) in [5.41, 5.74) is 2.05. The number of halogens is 3. The summed E-state index contributed by atoms with van der Waals surface area (Å²) in [6.07, 6.45) is -0.986. The fourth-order valence-electron chi connectivity index (χ4n) is 3.28. The molecule has 0 unspecified atom stereocenters. The second-order valence-electron chi connectivity index (χ2n) is 7.49. The largest absolute Gasteiger partial charge is 0.435 e. The van der Waals surface area contributed by atoms with Gasteiger partial charge in [-0.15, -0.1) is 0 Å². The van der Waals surface area contributed by atoms with Gasteiger partial charge in [-0.1, -0.05) is 0 Å². The SMILES string of the molecule is Cc1cc(C)n(CCCNC(=S)NCCCn2nc(C(F)(F)F)cc2C2CC2)n1. The van der Waals surface area contributed by atoms with Crippen LogP contribution in [0.15, 0.2) is 12.1 Å². The van der Waals surface area contributed by atoms with Crippen LogP contribution in [-0.2, 0) is 19.3 Å². The fraction of sp³-hybridized carbons (Fsp3) is 0.632. The summed E-state index contributed by atoms with van der Waals surface area (Å²) in [4.78, 5) is 0. The van der Waals surface area contributed by atoms with Crippen LogP contribution in [0, 0.1) is 13.8 Å². The highest BCUT2D eigenvalue weighted by molar-refractivity contribution is 7.80. The molecule has 2 heterocycles. The first-order valence-electron chi connectivity index (χ1n) is 9.91. The van der Waals surface area contributed by atoms with Crippen LogP contribution in [0.25, 0.3) is 0 Å². The third-order valence-corrected chi connectivity index (χ3v) is 5.15. The van der Waals surface area contributed by atoms with Gasteiger partial charge in [0.25, 0.3) is 0 Å². The van der Waals surface area contributed by atoms with Crippen LogP contribution >= 0.6 is 12.2 Å². The van der Waals surface area contributed by atoms with E-state index in [0.717, 1.165) is 43.7 Å². The minimum Gasteiger partial charge on any atom is -0.363 e. The van der Waals surface area contributed by atoms with Crippen molar-refractivity contribution in [3.63, 3.8) is 0 Å². The average molecular weight is 429 g/mol. The smallest absolute Gasteiger partial charge is 0.363 e. The first-order valence-corrected chi connectivity index (χ1v) is 10.3. The highest BCUT2D eigenvalue weighted by Gasteiger charge is 2.37. The van der Waals surface area contributed by atoms with E-state index in [4.69, 9.17) is 12.2 Å². The normalized spacial score (nSPS) is 14.2. The third kappa shape index (κ3) is 6.19. The molecule has 2 aromatic heterocycles. The fourth-order valence-corrected chi connectivity index (χ4v) is 3.49. The van der Waals surface area contributed by atoms with E-state index in [9.17, 15) is 13.2 Å². The number of aryl methyl sites for hydroxylation is 4. The molecule has 1 fully saturated rings. The number of hydrogen-bond acceptors (Lipinski definition) is 3. The number of alkyl halides is 3. The number of nitrogens with zero attached hydrogens (tertiary/aromatic N) is 4. The van der Waals surface area contributed by atoms with Crippen molar-refractivity contribution in [2.75, 3.05) is 13.1 Å². The summed E-state index contributed by atoms with van der Waals surface area (Å²) in [7, 11) is 0. The maximum Gasteiger partial charge on any atom is 0.435 e. The van der Waals surface area contributed by atoms with E-state index in [-0.39, 0.29) is 5.92 Å². The lowest BCUT2D eigenvalue weighted by Gasteiger charge is -2.12. The average Bonchev–Trinajstić information content (AvgIpc) is 3.30. The summed E-state index contributed by atoms with van der Waals surface area (Å²) in [6, 6.07) is 3.24. The molecule has 3 rings (SSSR count). The van der Waals surface area contributed by atoms with Gasteiger partial charge < -0.3 is 10.6 Å². The Balaban J connectivity index is 1.34. The predicted octanol–water partition coefficient (Wildman–Crippen LogP) is 3.54. The Morgan fingerprint density at radius 3 is 2.21 bits per heavy atom. The standard InChI is InChI=1S/C19H27F3N6S/c1-13-11-14(2)27(25-13)9-3-7-23-18(29)24-8-4-10-28-16(15-5-6-15)12-17(26-28)19(20,21)22/h11-12,15H,3-10H2,1-2H3,(H2,23,24,29). The highest BCUT2D eigenvalue weighted by Crippen LogP contribution is 2.42. The van der Waals surface area contributed by atoms with Crippen LogP contribution in [0.3, 0.4) is 0 Å². The van der Waals surface area contributed by atoms with Crippen LogP contribution in [-0.4, -0.2) is 37.8 Å². The van der Waals surface area contributed by atoms with E-state index in [1.54, 1.807) is 0 Å². The molecule has 1 aliphatic rings. The zero-order valence-electron chi connectivity index (χ0n) is 16.7. The van der Waals surface area contributed by atoms with Gasteiger partial charge in [0.05, 0.1) is 5.69 Å². The molecule has 0 radical (unpaired) electrons. The lowest BCUT2D eigenvalue weighted by Crippen LogP contribution is -2.36. The van der Waals surface area contributed by atoms with Gasteiger partial charge in [0.1, 0.15) is 0 Å². The van der Waals surface area contributed by atoms with Crippen LogP contribution in [0.1, 0.15) is 54.4 Å². The van der Waals surface area contributed by atoms with Crippen molar-refractivity contribution < 1.29 is 13.2 Å².